The highest BCUT2D eigenvalue weighted by atomic mass is 35.5. The van der Waals surface area contributed by atoms with Gasteiger partial charge in [0.05, 0.1) is 16.0 Å². The standard InChI is InChI=1S/C13H10ClNO5S/c1-9-2-5-11(6-3-9)21(18,19)20-13-8-10(15(16)17)4-7-12(13)14/h2-8H,1H3. The van der Waals surface area contributed by atoms with E-state index < -0.39 is 15.0 Å². The fraction of sp³-hybridized carbons (Fsp3) is 0.0769. The Hall–Kier alpha value is -2.12. The number of aryl methyl sites for hydroxylation is 1. The maximum Gasteiger partial charge on any atom is 0.339 e. The smallest absolute Gasteiger partial charge is 0.339 e. The Labute approximate surface area is 126 Å². The van der Waals surface area contributed by atoms with Gasteiger partial charge in [0, 0.05) is 6.07 Å². The molecule has 2 aromatic carbocycles. The van der Waals surface area contributed by atoms with Gasteiger partial charge in [-0.25, -0.2) is 0 Å². The predicted octanol–water partition coefficient (Wildman–Crippen LogP) is 3.32. The average Bonchev–Trinajstić information content (AvgIpc) is 2.41. The Kier molecular flexibility index (Phi) is 4.15. The number of rotatable bonds is 4. The molecular formula is C13H10ClNO5S. The number of non-ortho nitro benzene ring substituents is 1. The van der Waals surface area contributed by atoms with Gasteiger partial charge in [-0.15, -0.1) is 0 Å². The lowest BCUT2D eigenvalue weighted by molar-refractivity contribution is -0.384. The van der Waals surface area contributed by atoms with Gasteiger partial charge in [-0.05, 0) is 25.1 Å². The van der Waals surface area contributed by atoms with E-state index in [0.717, 1.165) is 17.7 Å². The second-order valence-electron chi connectivity index (χ2n) is 4.22. The number of hydrogen-bond acceptors (Lipinski definition) is 5. The van der Waals surface area contributed by atoms with Crippen LogP contribution in [0.4, 0.5) is 5.69 Å². The van der Waals surface area contributed by atoms with Crippen molar-refractivity contribution in [1.82, 2.24) is 0 Å². The molecule has 0 amide bonds. The summed E-state index contributed by atoms with van der Waals surface area (Å²) >= 11 is 5.81. The Morgan fingerprint density at radius 1 is 1.14 bits per heavy atom. The third-order valence-corrected chi connectivity index (χ3v) is 4.20. The molecule has 110 valence electrons. The molecule has 0 atom stereocenters. The van der Waals surface area contributed by atoms with Crippen molar-refractivity contribution in [1.29, 1.82) is 0 Å². The Balaban J connectivity index is 2.38. The summed E-state index contributed by atoms with van der Waals surface area (Å²) in [7, 11) is -4.10. The van der Waals surface area contributed by atoms with E-state index in [1.54, 1.807) is 12.1 Å². The lowest BCUT2D eigenvalue weighted by Crippen LogP contribution is -2.10. The van der Waals surface area contributed by atoms with E-state index in [4.69, 9.17) is 15.8 Å². The molecule has 0 unspecified atom stereocenters. The topological polar surface area (TPSA) is 86.5 Å². The first-order valence-corrected chi connectivity index (χ1v) is 7.53. The molecule has 0 bridgehead atoms. The summed E-state index contributed by atoms with van der Waals surface area (Å²) in [5.41, 5.74) is 0.579. The second kappa shape index (κ2) is 5.71. The summed E-state index contributed by atoms with van der Waals surface area (Å²) in [6.07, 6.45) is 0. The molecule has 2 aromatic rings. The SMILES string of the molecule is Cc1ccc(S(=O)(=O)Oc2cc([N+](=O)[O-])ccc2Cl)cc1. The number of nitro groups is 1. The Morgan fingerprint density at radius 3 is 2.33 bits per heavy atom. The van der Waals surface area contributed by atoms with Crippen LogP contribution in [-0.2, 0) is 10.1 Å². The molecule has 0 heterocycles. The minimum Gasteiger partial charge on any atom is -0.377 e. The monoisotopic (exact) mass is 327 g/mol. The number of halogens is 1. The van der Waals surface area contributed by atoms with E-state index in [2.05, 4.69) is 0 Å². The van der Waals surface area contributed by atoms with Gasteiger partial charge in [-0.1, -0.05) is 29.3 Å². The molecule has 0 aliphatic heterocycles. The quantitative estimate of drug-likeness (QED) is 0.488. The number of nitro benzene ring substituents is 1. The zero-order chi connectivity index (χ0) is 15.6. The molecule has 0 spiro atoms. The maximum absolute atomic E-state index is 12.1. The van der Waals surface area contributed by atoms with Crippen LogP contribution in [0.3, 0.4) is 0 Å². The maximum atomic E-state index is 12.1. The summed E-state index contributed by atoms with van der Waals surface area (Å²) in [6, 6.07) is 9.34. The molecule has 0 aliphatic carbocycles. The van der Waals surface area contributed by atoms with Crippen LogP contribution in [0.15, 0.2) is 47.4 Å². The molecule has 0 fully saturated rings. The predicted molar refractivity (Wildman–Crippen MR) is 77.1 cm³/mol. The highest BCUT2D eigenvalue weighted by Gasteiger charge is 2.20. The van der Waals surface area contributed by atoms with Gasteiger partial charge < -0.3 is 4.18 Å². The summed E-state index contributed by atoms with van der Waals surface area (Å²) in [5, 5.41) is 10.7. The van der Waals surface area contributed by atoms with Crippen molar-refractivity contribution in [2.75, 3.05) is 0 Å². The van der Waals surface area contributed by atoms with Crippen molar-refractivity contribution >= 4 is 27.4 Å². The van der Waals surface area contributed by atoms with Crippen LogP contribution < -0.4 is 4.18 Å². The minimum atomic E-state index is -4.10. The molecule has 2 rings (SSSR count). The highest BCUT2D eigenvalue weighted by molar-refractivity contribution is 7.87. The van der Waals surface area contributed by atoms with Crippen molar-refractivity contribution in [3.8, 4) is 5.75 Å². The first-order chi connectivity index (χ1) is 9.79. The van der Waals surface area contributed by atoms with E-state index in [9.17, 15) is 18.5 Å². The van der Waals surface area contributed by atoms with Crippen molar-refractivity contribution in [2.45, 2.75) is 11.8 Å². The third-order valence-electron chi connectivity index (χ3n) is 2.63. The largest absolute Gasteiger partial charge is 0.377 e. The van der Waals surface area contributed by atoms with E-state index in [1.165, 1.54) is 18.2 Å². The van der Waals surface area contributed by atoms with Crippen LogP contribution in [0.2, 0.25) is 5.02 Å². The number of hydrogen-bond donors (Lipinski definition) is 0. The molecule has 0 aromatic heterocycles. The fourth-order valence-corrected chi connectivity index (χ4v) is 2.68. The number of nitrogens with zero attached hydrogens (tertiary/aromatic N) is 1. The Morgan fingerprint density at radius 2 is 1.76 bits per heavy atom. The molecular weight excluding hydrogens is 318 g/mol. The Bertz CT molecular complexity index is 787. The summed E-state index contributed by atoms with van der Waals surface area (Å²) in [6.45, 7) is 1.81. The van der Waals surface area contributed by atoms with Gasteiger partial charge in [0.1, 0.15) is 4.90 Å². The van der Waals surface area contributed by atoms with Crippen LogP contribution in [0, 0.1) is 17.0 Å². The molecule has 0 radical (unpaired) electrons. The average molecular weight is 328 g/mol. The summed E-state index contributed by atoms with van der Waals surface area (Å²) in [5.74, 6) is -0.286. The lowest BCUT2D eigenvalue weighted by Gasteiger charge is -2.08. The highest BCUT2D eigenvalue weighted by Crippen LogP contribution is 2.31. The van der Waals surface area contributed by atoms with Crippen LogP contribution in [0.1, 0.15) is 5.56 Å². The molecule has 0 saturated carbocycles. The van der Waals surface area contributed by atoms with Crippen molar-refractivity contribution < 1.29 is 17.5 Å². The van der Waals surface area contributed by atoms with E-state index in [1.807, 2.05) is 6.92 Å². The molecule has 0 N–H and O–H groups in total. The van der Waals surface area contributed by atoms with Gasteiger partial charge >= 0.3 is 10.1 Å². The van der Waals surface area contributed by atoms with E-state index >= 15 is 0 Å². The zero-order valence-electron chi connectivity index (χ0n) is 10.8. The van der Waals surface area contributed by atoms with Gasteiger partial charge in [0.15, 0.2) is 5.75 Å². The molecule has 21 heavy (non-hydrogen) atoms. The molecule has 6 nitrogen and oxygen atoms in total. The minimum absolute atomic E-state index is 0.0312. The molecule has 0 saturated heterocycles. The van der Waals surface area contributed by atoms with Crippen molar-refractivity contribution in [3.63, 3.8) is 0 Å². The fourth-order valence-electron chi connectivity index (χ4n) is 1.54. The van der Waals surface area contributed by atoms with Gasteiger partial charge in [-0.3, -0.25) is 10.1 Å². The number of benzene rings is 2. The first-order valence-electron chi connectivity index (χ1n) is 5.75. The van der Waals surface area contributed by atoms with Gasteiger partial charge in [0.2, 0.25) is 0 Å². The molecule has 8 heteroatoms. The van der Waals surface area contributed by atoms with Gasteiger partial charge in [-0.2, -0.15) is 8.42 Å². The first kappa shape index (κ1) is 15.3. The zero-order valence-corrected chi connectivity index (χ0v) is 12.4. The van der Waals surface area contributed by atoms with Crippen molar-refractivity contribution in [3.05, 3.63) is 63.2 Å². The second-order valence-corrected chi connectivity index (χ2v) is 6.18. The van der Waals surface area contributed by atoms with E-state index in [-0.39, 0.29) is 21.4 Å². The summed E-state index contributed by atoms with van der Waals surface area (Å²) in [4.78, 5) is 9.97. The van der Waals surface area contributed by atoms with E-state index in [0.29, 0.717) is 0 Å². The van der Waals surface area contributed by atoms with Crippen LogP contribution in [0.25, 0.3) is 0 Å². The van der Waals surface area contributed by atoms with Gasteiger partial charge in [0.25, 0.3) is 5.69 Å². The third kappa shape index (κ3) is 3.50. The van der Waals surface area contributed by atoms with Crippen LogP contribution in [-0.4, -0.2) is 13.3 Å². The summed E-state index contributed by atoms with van der Waals surface area (Å²) < 4.78 is 29.1. The van der Waals surface area contributed by atoms with Crippen LogP contribution in [0.5, 0.6) is 5.75 Å². The lowest BCUT2D eigenvalue weighted by atomic mass is 10.2. The normalized spacial score (nSPS) is 11.1. The van der Waals surface area contributed by atoms with Crippen LogP contribution >= 0.6 is 11.6 Å². The van der Waals surface area contributed by atoms with Crippen molar-refractivity contribution in [2.24, 2.45) is 0 Å². The molecule has 0 aliphatic rings.